The molecule has 0 unspecified atom stereocenters. The highest BCUT2D eigenvalue weighted by Gasteiger charge is 2.08. The molecule has 0 spiro atoms. The van der Waals surface area contributed by atoms with Gasteiger partial charge in [-0.2, -0.15) is 5.10 Å². The molecule has 0 heterocycles. The van der Waals surface area contributed by atoms with Crippen LogP contribution in [-0.4, -0.2) is 18.4 Å². The van der Waals surface area contributed by atoms with Crippen LogP contribution in [0.15, 0.2) is 71.8 Å². The number of nitrogens with one attached hydrogen (secondary N) is 2. The Bertz CT molecular complexity index is 1060. The molecule has 0 atom stereocenters. The Morgan fingerprint density at radius 3 is 2.58 bits per heavy atom. The smallest absolute Gasteiger partial charge is 0.187 e. The third-order valence-electron chi connectivity index (χ3n) is 4.26. The van der Waals surface area contributed by atoms with Gasteiger partial charge in [-0.15, -0.1) is 0 Å². The van der Waals surface area contributed by atoms with E-state index in [0.29, 0.717) is 39.8 Å². The van der Waals surface area contributed by atoms with E-state index < -0.39 is 0 Å². The van der Waals surface area contributed by atoms with Gasteiger partial charge in [-0.3, -0.25) is 5.43 Å². The maximum atomic E-state index is 6.20. The first-order chi connectivity index (χ1) is 15.0. The summed E-state index contributed by atoms with van der Waals surface area (Å²) in [5.74, 6) is 1.18. The minimum Gasteiger partial charge on any atom is -0.493 e. The Kier molecular flexibility index (Phi) is 8.53. The number of hydrazone groups is 1. The first-order valence-corrected chi connectivity index (χ1v) is 10.6. The van der Waals surface area contributed by atoms with Crippen molar-refractivity contribution in [1.29, 1.82) is 0 Å². The highest BCUT2D eigenvalue weighted by molar-refractivity contribution is 7.80. The lowest BCUT2D eigenvalue weighted by molar-refractivity contribution is 0.284. The lowest BCUT2D eigenvalue weighted by Gasteiger charge is -2.12. The number of halogens is 2. The molecule has 0 saturated carbocycles. The van der Waals surface area contributed by atoms with E-state index in [-0.39, 0.29) is 0 Å². The van der Waals surface area contributed by atoms with Gasteiger partial charge in [-0.25, -0.2) is 0 Å². The van der Waals surface area contributed by atoms with Crippen molar-refractivity contribution in [3.05, 3.63) is 93.5 Å². The number of nitrogens with zero attached hydrogens (tertiary/aromatic N) is 1. The fraction of sp³-hybridized carbons (Fsp3) is 0.130. The Morgan fingerprint density at radius 1 is 1.03 bits per heavy atom. The first kappa shape index (κ1) is 22.9. The Balaban J connectivity index is 1.54. The number of rotatable bonds is 8. The van der Waals surface area contributed by atoms with E-state index in [1.165, 1.54) is 0 Å². The maximum absolute atomic E-state index is 6.20. The summed E-state index contributed by atoms with van der Waals surface area (Å²) in [5.41, 5.74) is 5.60. The second kappa shape index (κ2) is 11.6. The van der Waals surface area contributed by atoms with Crippen LogP contribution in [0.2, 0.25) is 10.0 Å². The molecular formula is C23H21Cl2N3O2S. The van der Waals surface area contributed by atoms with Crippen molar-refractivity contribution >= 4 is 46.7 Å². The zero-order chi connectivity index (χ0) is 22.1. The van der Waals surface area contributed by atoms with E-state index in [4.69, 9.17) is 44.9 Å². The van der Waals surface area contributed by atoms with E-state index in [9.17, 15) is 0 Å². The molecule has 8 heteroatoms. The number of benzene rings is 3. The van der Waals surface area contributed by atoms with Gasteiger partial charge >= 0.3 is 0 Å². The van der Waals surface area contributed by atoms with Crippen molar-refractivity contribution in [2.45, 2.75) is 13.2 Å². The molecule has 0 saturated heterocycles. The number of hydrogen-bond acceptors (Lipinski definition) is 4. The first-order valence-electron chi connectivity index (χ1n) is 9.41. The molecule has 3 rings (SSSR count). The van der Waals surface area contributed by atoms with Crippen LogP contribution in [0.25, 0.3) is 0 Å². The minimum atomic E-state index is 0.294. The Labute approximate surface area is 197 Å². The molecule has 5 nitrogen and oxygen atoms in total. The number of thiocarbonyl (C=S) groups is 1. The molecule has 0 aliphatic carbocycles. The van der Waals surface area contributed by atoms with Crippen LogP contribution in [0.5, 0.6) is 11.5 Å². The van der Waals surface area contributed by atoms with Crippen LogP contribution in [0.3, 0.4) is 0 Å². The lowest BCUT2D eigenvalue weighted by Crippen LogP contribution is -2.31. The van der Waals surface area contributed by atoms with Crippen LogP contribution >= 0.6 is 35.4 Å². The second-order valence-corrected chi connectivity index (χ2v) is 7.72. The molecule has 0 aromatic heterocycles. The van der Waals surface area contributed by atoms with E-state index in [2.05, 4.69) is 15.8 Å². The van der Waals surface area contributed by atoms with Gasteiger partial charge in [0.1, 0.15) is 6.61 Å². The van der Waals surface area contributed by atoms with Crippen LogP contribution in [0.1, 0.15) is 16.7 Å². The Morgan fingerprint density at radius 2 is 1.84 bits per heavy atom. The van der Waals surface area contributed by atoms with Gasteiger partial charge in [-0.05, 0) is 53.7 Å². The number of hydrogen-bond donors (Lipinski definition) is 2. The molecule has 3 aromatic rings. The fourth-order valence-corrected chi connectivity index (χ4v) is 3.25. The molecule has 2 N–H and O–H groups in total. The van der Waals surface area contributed by atoms with Crippen molar-refractivity contribution in [1.82, 2.24) is 10.7 Å². The largest absolute Gasteiger partial charge is 0.493 e. The predicted molar refractivity (Wildman–Crippen MR) is 130 cm³/mol. The summed E-state index contributed by atoms with van der Waals surface area (Å²) < 4.78 is 11.3. The molecule has 0 aliphatic rings. The summed E-state index contributed by atoms with van der Waals surface area (Å²) in [7, 11) is 1.58. The third kappa shape index (κ3) is 7.14. The van der Waals surface area contributed by atoms with Crippen LogP contribution in [0, 0.1) is 0 Å². The molecule has 3 aromatic carbocycles. The van der Waals surface area contributed by atoms with Gasteiger partial charge in [0.25, 0.3) is 0 Å². The molecule has 0 bridgehead atoms. The SMILES string of the molecule is COc1cc(C=NNC(=S)NCc2ccccc2)ccc1OCc1ccc(Cl)cc1Cl. The molecule has 31 heavy (non-hydrogen) atoms. The summed E-state index contributed by atoms with van der Waals surface area (Å²) in [5, 5.41) is 8.84. The average molecular weight is 474 g/mol. The normalized spacial score (nSPS) is 10.7. The predicted octanol–water partition coefficient (Wildman–Crippen LogP) is 5.58. The summed E-state index contributed by atoms with van der Waals surface area (Å²) in [6.45, 7) is 0.919. The third-order valence-corrected chi connectivity index (χ3v) is 5.08. The van der Waals surface area contributed by atoms with Crippen molar-refractivity contribution in [3.8, 4) is 11.5 Å². The van der Waals surface area contributed by atoms with Crippen LogP contribution < -0.4 is 20.2 Å². The quantitative estimate of drug-likeness (QED) is 0.254. The lowest BCUT2D eigenvalue weighted by atomic mass is 10.2. The van der Waals surface area contributed by atoms with Crippen molar-refractivity contribution in [2.75, 3.05) is 7.11 Å². The van der Waals surface area contributed by atoms with Gasteiger partial charge in [0.2, 0.25) is 0 Å². The summed E-state index contributed by atoms with van der Waals surface area (Å²) >= 11 is 17.4. The van der Waals surface area contributed by atoms with Crippen LogP contribution in [-0.2, 0) is 13.2 Å². The zero-order valence-electron chi connectivity index (χ0n) is 16.8. The Hall–Kier alpha value is -2.80. The number of methoxy groups -OCH3 is 1. The van der Waals surface area contributed by atoms with Gasteiger partial charge < -0.3 is 14.8 Å². The number of ether oxygens (including phenoxy) is 2. The monoisotopic (exact) mass is 473 g/mol. The molecule has 160 valence electrons. The van der Waals surface area contributed by atoms with Crippen LogP contribution in [0.4, 0.5) is 0 Å². The van der Waals surface area contributed by atoms with Gasteiger partial charge in [0, 0.05) is 22.2 Å². The maximum Gasteiger partial charge on any atom is 0.187 e. The average Bonchev–Trinajstić information content (AvgIpc) is 2.78. The molecule has 0 fully saturated rings. The fourth-order valence-electron chi connectivity index (χ4n) is 2.66. The van der Waals surface area contributed by atoms with E-state index >= 15 is 0 Å². The zero-order valence-corrected chi connectivity index (χ0v) is 19.1. The van der Waals surface area contributed by atoms with Crippen molar-refractivity contribution in [2.24, 2.45) is 5.10 Å². The van der Waals surface area contributed by atoms with Crippen molar-refractivity contribution in [3.63, 3.8) is 0 Å². The highest BCUT2D eigenvalue weighted by Crippen LogP contribution is 2.29. The minimum absolute atomic E-state index is 0.294. The summed E-state index contributed by atoms with van der Waals surface area (Å²) in [4.78, 5) is 0. The van der Waals surface area contributed by atoms with Gasteiger partial charge in [0.05, 0.1) is 13.3 Å². The summed E-state index contributed by atoms with van der Waals surface area (Å²) in [6.07, 6.45) is 1.65. The topological polar surface area (TPSA) is 54.9 Å². The summed E-state index contributed by atoms with van der Waals surface area (Å²) in [6, 6.07) is 20.8. The molecule has 0 aliphatic heterocycles. The molecule has 0 amide bonds. The highest BCUT2D eigenvalue weighted by atomic mass is 35.5. The van der Waals surface area contributed by atoms with E-state index in [1.54, 1.807) is 25.5 Å². The van der Waals surface area contributed by atoms with Gasteiger partial charge in [-0.1, -0.05) is 59.6 Å². The van der Waals surface area contributed by atoms with E-state index in [1.807, 2.05) is 54.6 Å². The standard InChI is InChI=1S/C23H21Cl2N3O2S/c1-29-22-11-17(14-27-28-23(31)26-13-16-5-3-2-4-6-16)7-10-21(22)30-15-18-8-9-19(24)12-20(18)25/h2-12,14H,13,15H2,1H3,(H2,26,28,31). The van der Waals surface area contributed by atoms with Crippen molar-refractivity contribution < 1.29 is 9.47 Å². The molecular weight excluding hydrogens is 453 g/mol. The molecule has 0 radical (unpaired) electrons. The van der Waals surface area contributed by atoms with E-state index in [0.717, 1.165) is 16.7 Å². The van der Waals surface area contributed by atoms with Gasteiger partial charge in [0.15, 0.2) is 16.6 Å². The second-order valence-electron chi connectivity index (χ2n) is 6.47.